The van der Waals surface area contributed by atoms with Crippen LogP contribution in [0.25, 0.3) is 0 Å². The Morgan fingerprint density at radius 1 is 1.24 bits per heavy atom. The molecule has 1 aromatic rings. The third-order valence-electron chi connectivity index (χ3n) is 4.53. The standard InChI is InChI=1S/C16H24ClN3O/c17-15-3-1-2-13(4-6-18)16(15)20-7-5-14(12-20)19-8-10-21-11-9-19/h1-3,14H,4-12,18H2. The van der Waals surface area contributed by atoms with E-state index in [0.717, 1.165) is 50.8 Å². The molecule has 116 valence electrons. The Kier molecular flexibility index (Phi) is 5.01. The zero-order valence-corrected chi connectivity index (χ0v) is 13.2. The number of nitrogens with two attached hydrogens (primary N) is 1. The van der Waals surface area contributed by atoms with Crippen molar-refractivity contribution in [3.63, 3.8) is 0 Å². The van der Waals surface area contributed by atoms with Gasteiger partial charge in [0.05, 0.1) is 23.9 Å². The second-order valence-electron chi connectivity index (χ2n) is 5.82. The summed E-state index contributed by atoms with van der Waals surface area (Å²) in [5, 5.41) is 0.851. The van der Waals surface area contributed by atoms with Crippen LogP contribution in [0.15, 0.2) is 18.2 Å². The normalized spacial score (nSPS) is 23.7. The van der Waals surface area contributed by atoms with Crippen LogP contribution in [-0.4, -0.2) is 56.9 Å². The highest BCUT2D eigenvalue weighted by Gasteiger charge is 2.30. The fraction of sp³-hybridized carbons (Fsp3) is 0.625. The van der Waals surface area contributed by atoms with Crippen LogP contribution in [-0.2, 0) is 11.2 Å². The van der Waals surface area contributed by atoms with Gasteiger partial charge in [0.1, 0.15) is 0 Å². The Bertz CT molecular complexity index is 477. The molecule has 2 heterocycles. The predicted octanol–water partition coefficient (Wildman–Crippen LogP) is 1.75. The number of nitrogens with zero attached hydrogens (tertiary/aromatic N) is 2. The second kappa shape index (κ2) is 6.97. The van der Waals surface area contributed by atoms with Crippen molar-refractivity contribution < 1.29 is 4.74 Å². The first-order valence-electron chi connectivity index (χ1n) is 7.84. The third kappa shape index (κ3) is 3.34. The van der Waals surface area contributed by atoms with Gasteiger partial charge in [0, 0.05) is 32.2 Å². The van der Waals surface area contributed by atoms with Crippen LogP contribution in [0.4, 0.5) is 5.69 Å². The number of hydrogen-bond donors (Lipinski definition) is 1. The van der Waals surface area contributed by atoms with Crippen LogP contribution in [0, 0.1) is 0 Å². The summed E-state index contributed by atoms with van der Waals surface area (Å²) < 4.78 is 5.45. The largest absolute Gasteiger partial charge is 0.379 e. The van der Waals surface area contributed by atoms with Gasteiger partial charge >= 0.3 is 0 Å². The van der Waals surface area contributed by atoms with Gasteiger partial charge in [-0.3, -0.25) is 4.90 Å². The maximum absolute atomic E-state index is 6.46. The number of para-hydroxylation sites is 1. The zero-order valence-electron chi connectivity index (χ0n) is 12.4. The maximum Gasteiger partial charge on any atom is 0.0642 e. The molecule has 0 bridgehead atoms. The van der Waals surface area contributed by atoms with Crippen molar-refractivity contribution in [1.82, 2.24) is 4.90 Å². The highest BCUT2D eigenvalue weighted by molar-refractivity contribution is 6.33. The van der Waals surface area contributed by atoms with Crippen molar-refractivity contribution in [3.05, 3.63) is 28.8 Å². The fourth-order valence-corrected chi connectivity index (χ4v) is 3.77. The minimum atomic E-state index is 0.621. The van der Waals surface area contributed by atoms with Gasteiger partial charge in [-0.15, -0.1) is 0 Å². The lowest BCUT2D eigenvalue weighted by molar-refractivity contribution is 0.0209. The van der Waals surface area contributed by atoms with E-state index in [4.69, 9.17) is 22.1 Å². The SMILES string of the molecule is NCCc1cccc(Cl)c1N1CCC(N2CCOCC2)C1. The van der Waals surface area contributed by atoms with Crippen LogP contribution in [0.3, 0.4) is 0 Å². The van der Waals surface area contributed by atoms with Crippen molar-refractivity contribution >= 4 is 17.3 Å². The number of anilines is 1. The maximum atomic E-state index is 6.46. The first-order valence-corrected chi connectivity index (χ1v) is 8.21. The summed E-state index contributed by atoms with van der Waals surface area (Å²) in [7, 11) is 0. The summed E-state index contributed by atoms with van der Waals surface area (Å²) in [5.74, 6) is 0. The summed E-state index contributed by atoms with van der Waals surface area (Å²) in [4.78, 5) is 5.00. The molecule has 2 aliphatic rings. The number of hydrogen-bond acceptors (Lipinski definition) is 4. The second-order valence-corrected chi connectivity index (χ2v) is 6.23. The number of rotatable bonds is 4. The molecule has 1 unspecified atom stereocenters. The Morgan fingerprint density at radius 3 is 2.81 bits per heavy atom. The summed E-state index contributed by atoms with van der Waals surface area (Å²) in [6, 6.07) is 6.78. The molecule has 2 fully saturated rings. The monoisotopic (exact) mass is 309 g/mol. The van der Waals surface area contributed by atoms with E-state index in [1.165, 1.54) is 17.7 Å². The minimum absolute atomic E-state index is 0.621. The van der Waals surface area contributed by atoms with E-state index in [1.54, 1.807) is 0 Å². The number of halogens is 1. The van der Waals surface area contributed by atoms with E-state index < -0.39 is 0 Å². The molecule has 2 N–H and O–H groups in total. The third-order valence-corrected chi connectivity index (χ3v) is 4.83. The van der Waals surface area contributed by atoms with Crippen molar-refractivity contribution in [2.24, 2.45) is 5.73 Å². The zero-order chi connectivity index (χ0) is 14.7. The predicted molar refractivity (Wildman–Crippen MR) is 87.2 cm³/mol. The Balaban J connectivity index is 1.73. The Labute approximate surface area is 131 Å². The lowest BCUT2D eigenvalue weighted by Crippen LogP contribution is -2.44. The first-order chi connectivity index (χ1) is 10.3. The number of morpholine rings is 1. The molecule has 2 saturated heterocycles. The number of ether oxygens (including phenoxy) is 1. The van der Waals surface area contributed by atoms with Gasteiger partial charge in [-0.2, -0.15) is 0 Å². The molecular formula is C16H24ClN3O. The van der Waals surface area contributed by atoms with Crippen LogP contribution in [0.1, 0.15) is 12.0 Å². The Hall–Kier alpha value is -0.810. The highest BCUT2D eigenvalue weighted by Crippen LogP contribution is 2.33. The molecule has 0 amide bonds. The Morgan fingerprint density at radius 2 is 2.05 bits per heavy atom. The van der Waals surface area contributed by atoms with Gasteiger partial charge in [-0.05, 0) is 31.0 Å². The van der Waals surface area contributed by atoms with Gasteiger partial charge in [0.15, 0.2) is 0 Å². The molecule has 5 heteroatoms. The summed E-state index contributed by atoms with van der Waals surface area (Å²) in [5.41, 5.74) is 8.20. The van der Waals surface area contributed by atoms with Crippen molar-refractivity contribution in [1.29, 1.82) is 0 Å². The fourth-order valence-electron chi connectivity index (χ4n) is 3.46. The van der Waals surface area contributed by atoms with Crippen LogP contribution in [0.2, 0.25) is 5.02 Å². The molecule has 1 aromatic carbocycles. The molecule has 0 spiro atoms. The lowest BCUT2D eigenvalue weighted by atomic mass is 10.1. The average molecular weight is 310 g/mol. The van der Waals surface area contributed by atoms with E-state index in [1.807, 2.05) is 12.1 Å². The van der Waals surface area contributed by atoms with Gasteiger partial charge in [0.2, 0.25) is 0 Å². The minimum Gasteiger partial charge on any atom is -0.379 e. The summed E-state index contributed by atoms with van der Waals surface area (Å²) >= 11 is 6.46. The van der Waals surface area contributed by atoms with Crippen LogP contribution >= 0.6 is 11.6 Å². The van der Waals surface area contributed by atoms with Gasteiger partial charge in [-0.25, -0.2) is 0 Å². The van der Waals surface area contributed by atoms with Crippen molar-refractivity contribution in [3.8, 4) is 0 Å². The molecule has 2 aliphatic heterocycles. The van der Waals surface area contributed by atoms with Crippen LogP contribution < -0.4 is 10.6 Å². The van der Waals surface area contributed by atoms with E-state index in [-0.39, 0.29) is 0 Å². The van der Waals surface area contributed by atoms with E-state index in [2.05, 4.69) is 15.9 Å². The summed E-state index contributed by atoms with van der Waals surface area (Å²) in [6.45, 7) is 6.62. The van der Waals surface area contributed by atoms with E-state index in [0.29, 0.717) is 12.6 Å². The molecule has 3 rings (SSSR count). The first kappa shape index (κ1) is 15.1. The number of benzene rings is 1. The van der Waals surface area contributed by atoms with Gasteiger partial charge < -0.3 is 15.4 Å². The lowest BCUT2D eigenvalue weighted by Gasteiger charge is -2.32. The molecule has 1 atom stereocenters. The quantitative estimate of drug-likeness (QED) is 0.920. The highest BCUT2D eigenvalue weighted by atomic mass is 35.5. The molecular weight excluding hydrogens is 286 g/mol. The van der Waals surface area contributed by atoms with Gasteiger partial charge in [-0.1, -0.05) is 23.7 Å². The summed E-state index contributed by atoms with van der Waals surface area (Å²) in [6.07, 6.45) is 2.09. The van der Waals surface area contributed by atoms with Crippen molar-refractivity contribution in [2.75, 3.05) is 50.8 Å². The van der Waals surface area contributed by atoms with Crippen molar-refractivity contribution in [2.45, 2.75) is 18.9 Å². The van der Waals surface area contributed by atoms with E-state index in [9.17, 15) is 0 Å². The van der Waals surface area contributed by atoms with Gasteiger partial charge in [0.25, 0.3) is 0 Å². The molecule has 21 heavy (non-hydrogen) atoms. The molecule has 4 nitrogen and oxygen atoms in total. The molecule has 0 aliphatic carbocycles. The smallest absolute Gasteiger partial charge is 0.0642 e. The molecule has 0 aromatic heterocycles. The molecule has 0 saturated carbocycles. The average Bonchev–Trinajstić information content (AvgIpc) is 2.98. The van der Waals surface area contributed by atoms with Crippen LogP contribution in [0.5, 0.6) is 0 Å². The van der Waals surface area contributed by atoms with E-state index >= 15 is 0 Å². The molecule has 0 radical (unpaired) electrons. The topological polar surface area (TPSA) is 41.7 Å².